The number of nitrogens with two attached hydrogens (primary N) is 1. The van der Waals surface area contributed by atoms with Crippen molar-refractivity contribution in [2.24, 2.45) is 0 Å². The highest BCUT2D eigenvalue weighted by Gasteiger charge is 2.13. The first-order valence-corrected chi connectivity index (χ1v) is 18.0. The van der Waals surface area contributed by atoms with Crippen molar-refractivity contribution in [1.29, 1.82) is 0 Å². The number of aromatic carboxylic acids is 1. The summed E-state index contributed by atoms with van der Waals surface area (Å²) in [5.74, 6) is 1.61. The molecule has 274 valence electrons. The maximum Gasteiger partial charge on any atom is 0.335 e. The largest absolute Gasteiger partial charge is 0.496 e. The highest BCUT2D eigenvalue weighted by atomic mass is 127. The van der Waals surface area contributed by atoms with Crippen LogP contribution in [0.5, 0.6) is 23.0 Å². The van der Waals surface area contributed by atoms with Crippen LogP contribution in [0.4, 0.5) is 5.69 Å². The number of aryl methyl sites for hydroxylation is 2. The van der Waals surface area contributed by atoms with Gasteiger partial charge in [-0.3, -0.25) is 9.59 Å². The molecule has 5 rings (SSSR count). The molecule has 0 aromatic heterocycles. The minimum atomic E-state index is -0.937. The Labute approximate surface area is 336 Å². The van der Waals surface area contributed by atoms with Crippen LogP contribution in [0.25, 0.3) is 0 Å². The molecule has 0 heterocycles. The second-order valence-electron chi connectivity index (χ2n) is 10.7. The fourth-order valence-corrected chi connectivity index (χ4v) is 5.38. The Hall–Kier alpha value is -4.34. The molecule has 52 heavy (non-hydrogen) atoms. The van der Waals surface area contributed by atoms with Gasteiger partial charge in [0, 0.05) is 30.4 Å². The number of carboxylic acid groups (broad SMARTS) is 1. The third-order valence-corrected chi connectivity index (χ3v) is 9.46. The van der Waals surface area contributed by atoms with E-state index in [1.807, 2.05) is 62.4 Å². The van der Waals surface area contributed by atoms with Gasteiger partial charge >= 0.3 is 5.97 Å². The molecule has 5 aromatic rings. The summed E-state index contributed by atoms with van der Waals surface area (Å²) in [6.07, 6.45) is 0.384. The molecule has 0 aliphatic heterocycles. The first-order chi connectivity index (χ1) is 24.8. The van der Waals surface area contributed by atoms with E-state index in [2.05, 4.69) is 45.2 Å². The molecule has 3 N–H and O–H groups in total. The van der Waals surface area contributed by atoms with Crippen LogP contribution in [0.2, 0.25) is 0 Å². The number of carbonyl (C=O) groups excluding carboxylic acids is 2. The van der Waals surface area contributed by atoms with Gasteiger partial charge in [-0.2, -0.15) is 0 Å². The van der Waals surface area contributed by atoms with E-state index in [1.165, 1.54) is 13.2 Å². The number of benzene rings is 5. The molecule has 12 heteroatoms. The molecule has 5 aromatic carbocycles. The lowest BCUT2D eigenvalue weighted by atomic mass is 10.0. The molecule has 0 amide bonds. The van der Waals surface area contributed by atoms with Crippen LogP contribution >= 0.6 is 56.8 Å². The van der Waals surface area contributed by atoms with Gasteiger partial charge in [-0.25, -0.2) is 4.79 Å². The number of hydrogen-bond acceptors (Lipinski definition) is 8. The Morgan fingerprint density at radius 2 is 1.08 bits per heavy atom. The van der Waals surface area contributed by atoms with Crippen molar-refractivity contribution in [3.63, 3.8) is 0 Å². The van der Waals surface area contributed by atoms with E-state index in [1.54, 1.807) is 69.9 Å². The number of anilines is 1. The first kappa shape index (κ1) is 43.8. The summed E-state index contributed by atoms with van der Waals surface area (Å²) >= 11 is 9.73. The average Bonchev–Trinajstić information content (AvgIpc) is 3.14. The van der Waals surface area contributed by atoms with Crippen molar-refractivity contribution < 1.29 is 38.4 Å². The van der Waals surface area contributed by atoms with E-state index in [9.17, 15) is 14.4 Å². The lowest BCUT2D eigenvalue weighted by molar-refractivity contribution is 0.0696. The minimum Gasteiger partial charge on any atom is -0.496 e. The maximum atomic E-state index is 12.3. The Kier molecular flexibility index (Phi) is 19.0. The maximum absolute atomic E-state index is 12.3. The summed E-state index contributed by atoms with van der Waals surface area (Å²) in [5, 5.41) is 8.18. The molecular formula is C40H40ClI2NO8. The van der Waals surface area contributed by atoms with Crippen molar-refractivity contribution in [2.45, 2.75) is 20.3 Å². The second kappa shape index (κ2) is 22.6. The highest BCUT2D eigenvalue weighted by molar-refractivity contribution is 14.1. The summed E-state index contributed by atoms with van der Waals surface area (Å²) in [6, 6.07) is 30.8. The van der Waals surface area contributed by atoms with Crippen LogP contribution in [0.3, 0.4) is 0 Å². The number of carboxylic acids is 1. The molecule has 0 spiro atoms. The lowest BCUT2D eigenvalue weighted by Gasteiger charge is -2.09. The van der Waals surface area contributed by atoms with Crippen molar-refractivity contribution >= 4 is 79.5 Å². The third kappa shape index (κ3) is 14.0. The molecule has 0 atom stereocenters. The van der Waals surface area contributed by atoms with E-state index in [4.69, 9.17) is 41.4 Å². The molecule has 0 unspecified atom stereocenters. The van der Waals surface area contributed by atoms with Gasteiger partial charge in [0.05, 0.1) is 34.0 Å². The van der Waals surface area contributed by atoms with Gasteiger partial charge in [-0.05, 0) is 148 Å². The van der Waals surface area contributed by atoms with Crippen molar-refractivity contribution in [3.05, 3.63) is 144 Å². The number of carbonyl (C=O) groups is 3. The number of halogens is 3. The zero-order valence-corrected chi connectivity index (χ0v) is 34.6. The SMILES string of the molecule is COc1cc(C(=O)Cl)ccc1C.COc1cc(C(=O)O)ccc1C.COc1ccc(C(=O)Cc2ccccc2I)cc1OC.Nc1ccccc1I. The minimum absolute atomic E-state index is 0.0649. The van der Waals surface area contributed by atoms with Crippen LogP contribution in [-0.2, 0) is 6.42 Å². The Bertz CT molecular complexity index is 1880. The van der Waals surface area contributed by atoms with Crippen LogP contribution in [-0.4, -0.2) is 50.5 Å². The van der Waals surface area contributed by atoms with Gasteiger partial charge in [0.15, 0.2) is 17.3 Å². The number of para-hydroxylation sites is 1. The van der Waals surface area contributed by atoms with E-state index >= 15 is 0 Å². The number of Topliss-reactive ketones (excluding diaryl/α,β-unsaturated/α-hetero) is 1. The molecule has 0 aliphatic rings. The highest BCUT2D eigenvalue weighted by Crippen LogP contribution is 2.28. The standard InChI is InChI=1S/C16H15IO3.C9H9ClO2.C9H10O3.C6H6IN/c1-19-15-8-7-12(10-16(15)20-2)14(18)9-11-5-3-4-6-13(11)17;2*1-6-3-4-7(9(10)11)5-8(6)12-2;7-5-3-1-2-4-6(5)8/h3-8,10H,9H2,1-2H3;3-5H,1-2H3;3-5H,1-2H3,(H,10,11);1-4H,8H2. The number of ketones is 1. The Morgan fingerprint density at radius 1 is 0.615 bits per heavy atom. The van der Waals surface area contributed by atoms with E-state index in [0.29, 0.717) is 40.5 Å². The molecule has 0 radical (unpaired) electrons. The predicted molar refractivity (Wildman–Crippen MR) is 223 cm³/mol. The number of nitrogen functional groups attached to an aromatic ring is 1. The second-order valence-corrected chi connectivity index (χ2v) is 13.4. The molecule has 0 saturated carbocycles. The number of hydrogen-bond donors (Lipinski definition) is 2. The summed E-state index contributed by atoms with van der Waals surface area (Å²) in [7, 11) is 6.22. The molecular weight excluding hydrogens is 912 g/mol. The number of methoxy groups -OCH3 is 4. The zero-order chi connectivity index (χ0) is 38.8. The molecule has 0 fully saturated rings. The van der Waals surface area contributed by atoms with Crippen LogP contribution in [0.15, 0.2) is 103 Å². The fourth-order valence-electron chi connectivity index (χ4n) is 4.30. The lowest BCUT2D eigenvalue weighted by Crippen LogP contribution is -2.05. The molecule has 9 nitrogen and oxygen atoms in total. The van der Waals surface area contributed by atoms with Crippen molar-refractivity contribution in [1.82, 2.24) is 0 Å². The van der Waals surface area contributed by atoms with Gasteiger partial charge in [-0.1, -0.05) is 42.5 Å². The van der Waals surface area contributed by atoms with Gasteiger partial charge in [0.2, 0.25) is 0 Å². The average molecular weight is 952 g/mol. The monoisotopic (exact) mass is 951 g/mol. The summed E-state index contributed by atoms with van der Waals surface area (Å²) < 4.78 is 22.6. The number of ether oxygens (including phenoxy) is 4. The summed E-state index contributed by atoms with van der Waals surface area (Å²) in [5.41, 5.74) is 10.7. The fraction of sp³-hybridized carbons (Fsp3) is 0.175. The van der Waals surface area contributed by atoms with Crippen molar-refractivity contribution in [3.8, 4) is 23.0 Å². The molecule has 0 saturated heterocycles. The Morgan fingerprint density at radius 3 is 1.54 bits per heavy atom. The summed E-state index contributed by atoms with van der Waals surface area (Å²) in [4.78, 5) is 33.6. The van der Waals surface area contributed by atoms with E-state index in [-0.39, 0.29) is 11.3 Å². The van der Waals surface area contributed by atoms with Crippen LogP contribution in [0, 0.1) is 21.0 Å². The quantitative estimate of drug-likeness (QED) is 0.0641. The van der Waals surface area contributed by atoms with Crippen LogP contribution in [0.1, 0.15) is 47.8 Å². The van der Waals surface area contributed by atoms with Gasteiger partial charge < -0.3 is 29.8 Å². The Balaban J connectivity index is 0.000000254. The van der Waals surface area contributed by atoms with Crippen LogP contribution < -0.4 is 24.7 Å². The van der Waals surface area contributed by atoms with Crippen molar-refractivity contribution in [2.75, 3.05) is 34.2 Å². The zero-order valence-electron chi connectivity index (χ0n) is 29.5. The normalized spacial score (nSPS) is 9.71. The van der Waals surface area contributed by atoms with E-state index < -0.39 is 11.2 Å². The molecule has 0 bridgehead atoms. The number of rotatable bonds is 9. The van der Waals surface area contributed by atoms with Gasteiger partial charge in [0.25, 0.3) is 5.24 Å². The summed E-state index contributed by atoms with van der Waals surface area (Å²) in [6.45, 7) is 3.77. The van der Waals surface area contributed by atoms with Gasteiger partial charge in [0.1, 0.15) is 11.5 Å². The molecule has 0 aliphatic carbocycles. The predicted octanol–water partition coefficient (Wildman–Crippen LogP) is 9.69. The van der Waals surface area contributed by atoms with Gasteiger partial charge in [-0.15, -0.1) is 0 Å². The smallest absolute Gasteiger partial charge is 0.335 e. The first-order valence-electron chi connectivity index (χ1n) is 15.5. The third-order valence-electron chi connectivity index (χ3n) is 7.21. The van der Waals surface area contributed by atoms with E-state index in [0.717, 1.165) is 29.5 Å². The topological polar surface area (TPSA) is 134 Å².